The van der Waals surface area contributed by atoms with E-state index in [1.54, 1.807) is 19.2 Å². The van der Waals surface area contributed by atoms with Crippen molar-refractivity contribution in [2.45, 2.75) is 26.7 Å². The monoisotopic (exact) mass is 280 g/mol. The van der Waals surface area contributed by atoms with Crippen LogP contribution < -0.4 is 10.1 Å². The van der Waals surface area contributed by atoms with Gasteiger partial charge in [-0.25, -0.2) is 0 Å². The smallest absolute Gasteiger partial charge is 0.121 e. The highest BCUT2D eigenvalue weighted by atomic mass is 16.5. The number of ether oxygens (including phenoxy) is 1. The predicted octanol–water partition coefficient (Wildman–Crippen LogP) is 4.44. The maximum atomic E-state index is 9.28. The normalized spacial score (nSPS) is 10.0. The van der Waals surface area contributed by atoms with Crippen molar-refractivity contribution in [2.75, 3.05) is 12.4 Å². The summed E-state index contributed by atoms with van der Waals surface area (Å²) in [4.78, 5) is 0. The first-order valence-electron chi connectivity index (χ1n) is 7.19. The average molecular weight is 280 g/mol. The number of rotatable bonds is 5. The summed E-state index contributed by atoms with van der Waals surface area (Å²) in [5.41, 5.74) is 5.01. The van der Waals surface area contributed by atoms with Crippen LogP contribution in [0.1, 0.15) is 30.5 Å². The summed E-state index contributed by atoms with van der Waals surface area (Å²) in [6.45, 7) is 4.27. The van der Waals surface area contributed by atoms with E-state index in [9.17, 15) is 5.26 Å². The van der Waals surface area contributed by atoms with Gasteiger partial charge in [0.05, 0.1) is 18.4 Å². The van der Waals surface area contributed by atoms with Crippen LogP contribution in [0.25, 0.3) is 0 Å². The van der Waals surface area contributed by atoms with Crippen LogP contribution in [-0.4, -0.2) is 7.11 Å². The van der Waals surface area contributed by atoms with Crippen molar-refractivity contribution >= 4 is 11.4 Å². The molecule has 0 aromatic heterocycles. The van der Waals surface area contributed by atoms with Gasteiger partial charge in [-0.3, -0.25) is 0 Å². The molecule has 2 rings (SSSR count). The summed E-state index contributed by atoms with van der Waals surface area (Å²) in [5.74, 6) is 0.739. The fraction of sp³-hybridized carbons (Fsp3) is 0.278. The Morgan fingerprint density at radius 3 is 2.29 bits per heavy atom. The fourth-order valence-electron chi connectivity index (χ4n) is 2.39. The molecule has 2 aromatic rings. The van der Waals surface area contributed by atoms with Crippen LogP contribution in [0, 0.1) is 11.3 Å². The third kappa shape index (κ3) is 3.17. The van der Waals surface area contributed by atoms with E-state index in [-0.39, 0.29) is 0 Å². The fourth-order valence-corrected chi connectivity index (χ4v) is 2.39. The van der Waals surface area contributed by atoms with Crippen molar-refractivity contribution in [2.24, 2.45) is 0 Å². The lowest BCUT2D eigenvalue weighted by Crippen LogP contribution is -2.02. The molecular weight excluding hydrogens is 260 g/mol. The van der Waals surface area contributed by atoms with Crippen LogP contribution in [0.3, 0.4) is 0 Å². The van der Waals surface area contributed by atoms with Crippen molar-refractivity contribution in [1.29, 1.82) is 5.26 Å². The van der Waals surface area contributed by atoms with Crippen LogP contribution in [0.2, 0.25) is 0 Å². The lowest BCUT2D eigenvalue weighted by Gasteiger charge is -2.17. The number of hydrogen-bond acceptors (Lipinski definition) is 3. The molecular formula is C18H20N2O. The molecule has 0 bridgehead atoms. The maximum absolute atomic E-state index is 9.28. The third-order valence-corrected chi connectivity index (χ3v) is 3.61. The van der Waals surface area contributed by atoms with Gasteiger partial charge in [-0.05, 0) is 36.1 Å². The molecule has 0 aliphatic rings. The number of anilines is 2. The van der Waals surface area contributed by atoms with Gasteiger partial charge in [-0.15, -0.1) is 0 Å². The minimum atomic E-state index is 0.615. The summed E-state index contributed by atoms with van der Waals surface area (Å²) in [7, 11) is 1.63. The van der Waals surface area contributed by atoms with Gasteiger partial charge in [0, 0.05) is 11.8 Å². The van der Waals surface area contributed by atoms with Crippen LogP contribution >= 0.6 is 0 Å². The molecule has 0 atom stereocenters. The summed E-state index contributed by atoms with van der Waals surface area (Å²) in [6.07, 6.45) is 1.89. The number of aryl methyl sites for hydroxylation is 2. The number of nitrogens with zero attached hydrogens (tertiary/aromatic N) is 1. The zero-order valence-electron chi connectivity index (χ0n) is 12.7. The van der Waals surface area contributed by atoms with Crippen molar-refractivity contribution in [3.63, 3.8) is 0 Å². The van der Waals surface area contributed by atoms with E-state index in [0.29, 0.717) is 5.56 Å². The van der Waals surface area contributed by atoms with Crippen molar-refractivity contribution in [1.82, 2.24) is 0 Å². The van der Waals surface area contributed by atoms with Gasteiger partial charge in [0.1, 0.15) is 11.8 Å². The summed E-state index contributed by atoms with van der Waals surface area (Å²) in [6, 6.07) is 14.0. The standard InChI is InChI=1S/C18H20N2O/c1-4-13-7-6-8-14(5-2)18(13)20-17-11-16(21-3)10-9-15(17)12-19/h6-11,20H,4-5H2,1-3H3. The molecule has 0 fully saturated rings. The minimum Gasteiger partial charge on any atom is -0.497 e. The SMILES string of the molecule is CCc1cccc(CC)c1Nc1cc(OC)ccc1C#N. The van der Waals surface area contributed by atoms with Gasteiger partial charge in [-0.1, -0.05) is 32.0 Å². The highest BCUT2D eigenvalue weighted by Gasteiger charge is 2.10. The van der Waals surface area contributed by atoms with Gasteiger partial charge >= 0.3 is 0 Å². The van der Waals surface area contributed by atoms with Crippen molar-refractivity contribution in [3.05, 3.63) is 53.1 Å². The second-order valence-corrected chi connectivity index (χ2v) is 4.81. The van der Waals surface area contributed by atoms with Gasteiger partial charge in [0.25, 0.3) is 0 Å². The molecule has 21 heavy (non-hydrogen) atoms. The molecule has 0 heterocycles. The minimum absolute atomic E-state index is 0.615. The van der Waals surface area contributed by atoms with Crippen molar-refractivity contribution < 1.29 is 4.74 Å². The molecule has 0 amide bonds. The molecule has 0 saturated carbocycles. The molecule has 2 aromatic carbocycles. The first kappa shape index (κ1) is 14.9. The lowest BCUT2D eigenvalue weighted by molar-refractivity contribution is 0.415. The Bertz CT molecular complexity index is 649. The number of para-hydroxylation sites is 1. The van der Waals surface area contributed by atoms with Gasteiger partial charge < -0.3 is 10.1 Å². The van der Waals surface area contributed by atoms with E-state index < -0.39 is 0 Å². The summed E-state index contributed by atoms with van der Waals surface area (Å²) < 4.78 is 5.26. The van der Waals surface area contributed by atoms with Gasteiger partial charge in [0.15, 0.2) is 0 Å². The second kappa shape index (κ2) is 6.81. The third-order valence-electron chi connectivity index (χ3n) is 3.61. The van der Waals surface area contributed by atoms with Gasteiger partial charge in [-0.2, -0.15) is 5.26 Å². The van der Waals surface area contributed by atoms with Gasteiger partial charge in [0.2, 0.25) is 0 Å². The molecule has 0 unspecified atom stereocenters. The maximum Gasteiger partial charge on any atom is 0.121 e. The first-order chi connectivity index (χ1) is 10.2. The van der Waals surface area contributed by atoms with Crippen LogP contribution in [-0.2, 0) is 12.8 Å². The quantitative estimate of drug-likeness (QED) is 0.881. The van der Waals surface area contributed by atoms with E-state index in [4.69, 9.17) is 4.74 Å². The molecule has 0 saturated heterocycles. The molecule has 0 aliphatic heterocycles. The van der Waals surface area contributed by atoms with E-state index in [1.165, 1.54) is 11.1 Å². The summed E-state index contributed by atoms with van der Waals surface area (Å²) >= 11 is 0. The summed E-state index contributed by atoms with van der Waals surface area (Å²) in [5, 5.41) is 12.7. The Balaban J connectivity index is 2.49. The molecule has 3 nitrogen and oxygen atoms in total. The van der Waals surface area contributed by atoms with Crippen LogP contribution in [0.4, 0.5) is 11.4 Å². The number of benzene rings is 2. The molecule has 108 valence electrons. The Kier molecular flexibility index (Phi) is 4.84. The number of methoxy groups -OCH3 is 1. The zero-order chi connectivity index (χ0) is 15.2. The van der Waals surface area contributed by atoms with E-state index in [1.807, 2.05) is 6.07 Å². The Morgan fingerprint density at radius 2 is 1.76 bits per heavy atom. The number of nitrogens with one attached hydrogen (secondary N) is 1. The van der Waals surface area contributed by atoms with E-state index in [2.05, 4.69) is 43.4 Å². The highest BCUT2D eigenvalue weighted by molar-refractivity contribution is 5.72. The van der Waals surface area contributed by atoms with Crippen molar-refractivity contribution in [3.8, 4) is 11.8 Å². The largest absolute Gasteiger partial charge is 0.497 e. The Morgan fingerprint density at radius 1 is 1.10 bits per heavy atom. The average Bonchev–Trinajstić information content (AvgIpc) is 2.54. The molecule has 1 N–H and O–H groups in total. The number of hydrogen-bond donors (Lipinski definition) is 1. The molecule has 0 aliphatic carbocycles. The first-order valence-corrected chi connectivity index (χ1v) is 7.19. The van der Waals surface area contributed by atoms with Crippen LogP contribution in [0.15, 0.2) is 36.4 Å². The molecule has 0 radical (unpaired) electrons. The molecule has 3 heteroatoms. The highest BCUT2D eigenvalue weighted by Crippen LogP contribution is 2.30. The Hall–Kier alpha value is -2.47. The molecule has 0 spiro atoms. The predicted molar refractivity (Wildman–Crippen MR) is 86.2 cm³/mol. The zero-order valence-corrected chi connectivity index (χ0v) is 12.7. The number of nitriles is 1. The lowest BCUT2D eigenvalue weighted by atomic mass is 10.0. The van der Waals surface area contributed by atoms with Crippen LogP contribution in [0.5, 0.6) is 5.75 Å². The second-order valence-electron chi connectivity index (χ2n) is 4.81. The van der Waals surface area contributed by atoms with E-state index in [0.717, 1.165) is 30.0 Å². The topological polar surface area (TPSA) is 45.0 Å². The van der Waals surface area contributed by atoms with E-state index >= 15 is 0 Å². The Labute approximate surface area is 126 Å².